The summed E-state index contributed by atoms with van der Waals surface area (Å²) in [4.78, 5) is 14.8. The SMILES string of the molecule is NC1(C(=O)N(Cc2ccccc2)C2CC2)CCCC1. The molecule has 1 amide bonds. The summed E-state index contributed by atoms with van der Waals surface area (Å²) in [7, 11) is 0. The zero-order valence-electron chi connectivity index (χ0n) is 11.3. The summed E-state index contributed by atoms with van der Waals surface area (Å²) in [6.45, 7) is 0.712. The Balaban J connectivity index is 1.76. The molecule has 2 fully saturated rings. The largest absolute Gasteiger partial charge is 0.334 e. The Morgan fingerprint density at radius 1 is 1.21 bits per heavy atom. The van der Waals surface area contributed by atoms with E-state index in [9.17, 15) is 4.79 Å². The molecule has 0 unspecified atom stereocenters. The molecular formula is C16H22N2O. The van der Waals surface area contributed by atoms with E-state index in [1.807, 2.05) is 23.1 Å². The molecule has 19 heavy (non-hydrogen) atoms. The van der Waals surface area contributed by atoms with Gasteiger partial charge < -0.3 is 10.6 Å². The zero-order valence-corrected chi connectivity index (χ0v) is 11.3. The van der Waals surface area contributed by atoms with Gasteiger partial charge in [0.1, 0.15) is 0 Å². The number of hydrogen-bond acceptors (Lipinski definition) is 2. The fourth-order valence-corrected chi connectivity index (χ4v) is 3.04. The Kier molecular flexibility index (Phi) is 3.31. The lowest BCUT2D eigenvalue weighted by Gasteiger charge is -2.31. The lowest BCUT2D eigenvalue weighted by atomic mass is 9.96. The van der Waals surface area contributed by atoms with Crippen molar-refractivity contribution in [1.82, 2.24) is 4.90 Å². The molecule has 0 aliphatic heterocycles. The van der Waals surface area contributed by atoms with Crippen LogP contribution in [-0.4, -0.2) is 22.4 Å². The fourth-order valence-electron chi connectivity index (χ4n) is 3.04. The number of amides is 1. The van der Waals surface area contributed by atoms with Gasteiger partial charge >= 0.3 is 0 Å². The van der Waals surface area contributed by atoms with Gasteiger partial charge in [-0.15, -0.1) is 0 Å². The van der Waals surface area contributed by atoms with Crippen LogP contribution in [0.5, 0.6) is 0 Å². The van der Waals surface area contributed by atoms with E-state index in [4.69, 9.17) is 5.73 Å². The molecule has 1 aromatic rings. The van der Waals surface area contributed by atoms with Gasteiger partial charge in [0.25, 0.3) is 0 Å². The second-order valence-corrected chi connectivity index (χ2v) is 6.01. The highest BCUT2D eigenvalue weighted by Gasteiger charge is 2.44. The van der Waals surface area contributed by atoms with Gasteiger partial charge in [0.15, 0.2) is 0 Å². The number of carbonyl (C=O) groups is 1. The number of hydrogen-bond donors (Lipinski definition) is 1. The number of nitrogens with two attached hydrogens (primary N) is 1. The van der Waals surface area contributed by atoms with Gasteiger partial charge in [-0.25, -0.2) is 0 Å². The Hall–Kier alpha value is -1.35. The first-order valence-corrected chi connectivity index (χ1v) is 7.33. The van der Waals surface area contributed by atoms with E-state index in [2.05, 4.69) is 12.1 Å². The maximum atomic E-state index is 12.8. The van der Waals surface area contributed by atoms with Crippen molar-refractivity contribution in [2.75, 3.05) is 0 Å². The maximum absolute atomic E-state index is 12.8. The monoisotopic (exact) mass is 258 g/mol. The predicted octanol–water partition coefficient (Wildman–Crippen LogP) is 2.45. The molecule has 2 N–H and O–H groups in total. The quantitative estimate of drug-likeness (QED) is 0.901. The van der Waals surface area contributed by atoms with Crippen LogP contribution in [0.25, 0.3) is 0 Å². The van der Waals surface area contributed by atoms with Gasteiger partial charge in [-0.05, 0) is 31.2 Å². The van der Waals surface area contributed by atoms with Gasteiger partial charge in [0, 0.05) is 12.6 Å². The van der Waals surface area contributed by atoms with Crippen molar-refractivity contribution in [1.29, 1.82) is 0 Å². The molecule has 1 aromatic carbocycles. The number of carbonyl (C=O) groups excluding carboxylic acids is 1. The van der Waals surface area contributed by atoms with Crippen molar-refractivity contribution in [3.05, 3.63) is 35.9 Å². The minimum atomic E-state index is -0.586. The van der Waals surface area contributed by atoms with Gasteiger partial charge in [0.05, 0.1) is 5.54 Å². The summed E-state index contributed by atoms with van der Waals surface area (Å²) in [6, 6.07) is 10.7. The van der Waals surface area contributed by atoms with Crippen LogP contribution in [0.4, 0.5) is 0 Å². The molecule has 0 heterocycles. The molecule has 3 nitrogen and oxygen atoms in total. The van der Waals surface area contributed by atoms with E-state index in [-0.39, 0.29) is 5.91 Å². The molecule has 0 radical (unpaired) electrons. The van der Waals surface area contributed by atoms with Crippen molar-refractivity contribution < 1.29 is 4.79 Å². The van der Waals surface area contributed by atoms with Crippen LogP contribution < -0.4 is 5.73 Å². The van der Waals surface area contributed by atoms with Crippen LogP contribution in [0, 0.1) is 0 Å². The van der Waals surface area contributed by atoms with Crippen LogP contribution in [-0.2, 0) is 11.3 Å². The van der Waals surface area contributed by atoms with Gasteiger partial charge in [-0.1, -0.05) is 43.2 Å². The third kappa shape index (κ3) is 2.66. The summed E-state index contributed by atoms with van der Waals surface area (Å²) < 4.78 is 0. The molecule has 0 atom stereocenters. The Morgan fingerprint density at radius 3 is 2.42 bits per heavy atom. The van der Waals surface area contributed by atoms with E-state index in [1.54, 1.807) is 0 Å². The second kappa shape index (κ2) is 4.97. The lowest BCUT2D eigenvalue weighted by molar-refractivity contribution is -0.138. The smallest absolute Gasteiger partial charge is 0.243 e. The lowest BCUT2D eigenvalue weighted by Crippen LogP contribution is -2.54. The van der Waals surface area contributed by atoms with E-state index in [1.165, 1.54) is 5.56 Å². The van der Waals surface area contributed by atoms with Crippen molar-refractivity contribution in [3.8, 4) is 0 Å². The number of nitrogens with zero attached hydrogens (tertiary/aromatic N) is 1. The van der Waals surface area contributed by atoms with E-state index >= 15 is 0 Å². The average molecular weight is 258 g/mol. The molecule has 3 heteroatoms. The first kappa shape index (κ1) is 12.7. The van der Waals surface area contributed by atoms with Gasteiger partial charge in [0.2, 0.25) is 5.91 Å². The number of benzene rings is 1. The van der Waals surface area contributed by atoms with Crippen LogP contribution in [0.2, 0.25) is 0 Å². The van der Waals surface area contributed by atoms with Crippen LogP contribution in [0.1, 0.15) is 44.1 Å². The van der Waals surface area contributed by atoms with E-state index < -0.39 is 5.54 Å². The van der Waals surface area contributed by atoms with Crippen molar-refractivity contribution in [2.45, 2.75) is 56.7 Å². The Labute approximate surface area is 114 Å². The molecule has 0 saturated heterocycles. The summed E-state index contributed by atoms with van der Waals surface area (Å²) in [5.41, 5.74) is 6.94. The first-order chi connectivity index (χ1) is 9.19. The molecule has 2 saturated carbocycles. The minimum absolute atomic E-state index is 0.177. The van der Waals surface area contributed by atoms with E-state index in [0.717, 1.165) is 38.5 Å². The third-order valence-electron chi connectivity index (χ3n) is 4.37. The maximum Gasteiger partial charge on any atom is 0.243 e. The molecule has 3 rings (SSSR count). The summed E-state index contributed by atoms with van der Waals surface area (Å²) in [5, 5.41) is 0. The van der Waals surface area contributed by atoms with Crippen LogP contribution in [0.3, 0.4) is 0 Å². The molecular weight excluding hydrogens is 236 g/mol. The minimum Gasteiger partial charge on any atom is -0.334 e. The zero-order chi connectivity index (χ0) is 13.3. The summed E-state index contributed by atoms with van der Waals surface area (Å²) in [5.74, 6) is 0.177. The second-order valence-electron chi connectivity index (χ2n) is 6.01. The van der Waals surface area contributed by atoms with Crippen molar-refractivity contribution >= 4 is 5.91 Å². The molecule has 0 bridgehead atoms. The Bertz CT molecular complexity index is 447. The van der Waals surface area contributed by atoms with Gasteiger partial charge in [-0.2, -0.15) is 0 Å². The van der Waals surface area contributed by atoms with Gasteiger partial charge in [-0.3, -0.25) is 4.79 Å². The standard InChI is InChI=1S/C16H22N2O/c17-16(10-4-5-11-16)15(19)18(14-8-9-14)12-13-6-2-1-3-7-13/h1-3,6-7,14H,4-5,8-12,17H2. The normalized spacial score (nSPS) is 21.3. The predicted molar refractivity (Wildman–Crippen MR) is 75.4 cm³/mol. The molecule has 2 aliphatic carbocycles. The molecule has 102 valence electrons. The molecule has 2 aliphatic rings. The summed E-state index contributed by atoms with van der Waals surface area (Å²) in [6.07, 6.45) is 6.15. The highest BCUT2D eigenvalue weighted by atomic mass is 16.2. The topological polar surface area (TPSA) is 46.3 Å². The summed E-state index contributed by atoms with van der Waals surface area (Å²) >= 11 is 0. The van der Waals surface area contributed by atoms with Crippen LogP contribution >= 0.6 is 0 Å². The van der Waals surface area contributed by atoms with Crippen molar-refractivity contribution in [2.24, 2.45) is 5.73 Å². The average Bonchev–Trinajstić information content (AvgIpc) is 3.18. The molecule has 0 spiro atoms. The third-order valence-corrected chi connectivity index (χ3v) is 4.37. The van der Waals surface area contributed by atoms with Crippen molar-refractivity contribution in [3.63, 3.8) is 0 Å². The fraction of sp³-hybridized carbons (Fsp3) is 0.562. The van der Waals surface area contributed by atoms with Crippen LogP contribution in [0.15, 0.2) is 30.3 Å². The highest BCUT2D eigenvalue weighted by Crippen LogP contribution is 2.35. The van der Waals surface area contributed by atoms with E-state index in [0.29, 0.717) is 12.6 Å². The highest BCUT2D eigenvalue weighted by molar-refractivity contribution is 5.87. The molecule has 0 aromatic heterocycles. The number of rotatable bonds is 4. The first-order valence-electron chi connectivity index (χ1n) is 7.33. The Morgan fingerprint density at radius 2 is 1.84 bits per heavy atom.